The SMILES string of the molecule is CC(=O)Oc1sc2cccnc2c1N. The van der Waals surface area contributed by atoms with Crippen LogP contribution in [0.15, 0.2) is 18.3 Å². The van der Waals surface area contributed by atoms with E-state index in [9.17, 15) is 4.79 Å². The van der Waals surface area contributed by atoms with Crippen LogP contribution < -0.4 is 10.5 Å². The van der Waals surface area contributed by atoms with Gasteiger partial charge in [0.25, 0.3) is 0 Å². The molecule has 0 aliphatic heterocycles. The fourth-order valence-electron chi connectivity index (χ4n) is 1.13. The molecule has 14 heavy (non-hydrogen) atoms. The lowest BCUT2D eigenvalue weighted by Crippen LogP contribution is -2.01. The third kappa shape index (κ3) is 1.42. The molecule has 0 aromatic carbocycles. The zero-order valence-corrected chi connectivity index (χ0v) is 8.30. The van der Waals surface area contributed by atoms with Gasteiger partial charge in [0.2, 0.25) is 5.06 Å². The second kappa shape index (κ2) is 3.26. The maximum absolute atomic E-state index is 10.8. The Balaban J connectivity index is 2.57. The number of hydrogen-bond acceptors (Lipinski definition) is 5. The van der Waals surface area contributed by atoms with Crippen LogP contribution in [-0.4, -0.2) is 11.0 Å². The predicted molar refractivity (Wildman–Crippen MR) is 55.3 cm³/mol. The third-order valence-corrected chi connectivity index (χ3v) is 2.72. The molecule has 2 heterocycles. The standard InChI is InChI=1S/C9H8N2O2S/c1-5(12)13-9-7(10)8-6(14-9)3-2-4-11-8/h2-4H,10H2,1H3. The highest BCUT2D eigenvalue weighted by Gasteiger charge is 2.12. The molecule has 0 saturated heterocycles. The van der Waals surface area contributed by atoms with Crippen LogP contribution in [0.4, 0.5) is 5.69 Å². The number of pyridine rings is 1. The number of esters is 1. The molecule has 0 unspecified atom stereocenters. The zero-order chi connectivity index (χ0) is 10.1. The number of carbonyl (C=O) groups excluding carboxylic acids is 1. The highest BCUT2D eigenvalue weighted by molar-refractivity contribution is 7.21. The summed E-state index contributed by atoms with van der Waals surface area (Å²) in [7, 11) is 0. The van der Waals surface area contributed by atoms with E-state index in [1.54, 1.807) is 6.20 Å². The van der Waals surface area contributed by atoms with E-state index in [-0.39, 0.29) is 5.97 Å². The van der Waals surface area contributed by atoms with Crippen molar-refractivity contribution in [1.82, 2.24) is 4.98 Å². The van der Waals surface area contributed by atoms with E-state index in [2.05, 4.69) is 4.98 Å². The molecule has 0 amide bonds. The molecular formula is C9H8N2O2S. The van der Waals surface area contributed by atoms with E-state index in [0.29, 0.717) is 16.3 Å². The van der Waals surface area contributed by atoms with Crippen molar-refractivity contribution in [3.05, 3.63) is 18.3 Å². The summed E-state index contributed by atoms with van der Waals surface area (Å²) in [4.78, 5) is 14.9. The number of carbonyl (C=O) groups is 1. The lowest BCUT2D eigenvalue weighted by atomic mass is 10.4. The molecular weight excluding hydrogens is 200 g/mol. The second-order valence-electron chi connectivity index (χ2n) is 2.75. The minimum atomic E-state index is -0.372. The molecule has 0 fully saturated rings. The largest absolute Gasteiger partial charge is 0.413 e. The Morgan fingerprint density at radius 3 is 3.07 bits per heavy atom. The van der Waals surface area contributed by atoms with Gasteiger partial charge in [0.05, 0.1) is 4.70 Å². The van der Waals surface area contributed by atoms with Gasteiger partial charge in [0.15, 0.2) is 0 Å². The first-order valence-electron chi connectivity index (χ1n) is 4.00. The molecule has 0 atom stereocenters. The van der Waals surface area contributed by atoms with Crippen LogP contribution in [-0.2, 0) is 4.79 Å². The van der Waals surface area contributed by atoms with Crippen LogP contribution in [0.25, 0.3) is 10.2 Å². The van der Waals surface area contributed by atoms with Crippen molar-refractivity contribution in [2.75, 3.05) is 5.73 Å². The highest BCUT2D eigenvalue weighted by Crippen LogP contribution is 2.38. The van der Waals surface area contributed by atoms with E-state index in [0.717, 1.165) is 4.70 Å². The minimum Gasteiger partial charge on any atom is -0.413 e. The number of nitrogens with two attached hydrogens (primary N) is 1. The Labute approximate surface area is 84.3 Å². The lowest BCUT2D eigenvalue weighted by Gasteiger charge is -1.96. The number of nitrogen functional groups attached to an aromatic ring is 1. The van der Waals surface area contributed by atoms with Crippen molar-refractivity contribution in [2.24, 2.45) is 0 Å². The Kier molecular flexibility index (Phi) is 2.09. The van der Waals surface area contributed by atoms with Gasteiger partial charge in [-0.25, -0.2) is 0 Å². The molecule has 2 aromatic rings. The molecule has 5 heteroatoms. The summed E-state index contributed by atoms with van der Waals surface area (Å²) in [6.07, 6.45) is 1.66. The predicted octanol–water partition coefficient (Wildman–Crippen LogP) is 1.80. The third-order valence-electron chi connectivity index (χ3n) is 1.68. The number of ether oxygens (including phenoxy) is 1. The summed E-state index contributed by atoms with van der Waals surface area (Å²) in [5, 5.41) is 0.422. The van der Waals surface area contributed by atoms with Crippen LogP contribution in [0, 0.1) is 0 Å². The normalized spacial score (nSPS) is 10.4. The van der Waals surface area contributed by atoms with Gasteiger partial charge in [0, 0.05) is 13.1 Å². The van der Waals surface area contributed by atoms with Crippen molar-refractivity contribution in [3.8, 4) is 5.06 Å². The first kappa shape index (κ1) is 8.96. The van der Waals surface area contributed by atoms with E-state index in [4.69, 9.17) is 10.5 Å². The highest BCUT2D eigenvalue weighted by atomic mass is 32.1. The van der Waals surface area contributed by atoms with Crippen LogP contribution in [0.2, 0.25) is 0 Å². The Hall–Kier alpha value is -1.62. The quantitative estimate of drug-likeness (QED) is 0.726. The van der Waals surface area contributed by atoms with Gasteiger partial charge >= 0.3 is 5.97 Å². The number of aromatic nitrogens is 1. The average Bonchev–Trinajstić information content (AvgIpc) is 2.44. The summed E-state index contributed by atoms with van der Waals surface area (Å²) < 4.78 is 5.86. The molecule has 2 aromatic heterocycles. The van der Waals surface area contributed by atoms with E-state index in [1.165, 1.54) is 18.3 Å². The zero-order valence-electron chi connectivity index (χ0n) is 7.48. The first-order valence-corrected chi connectivity index (χ1v) is 4.81. The molecule has 0 aliphatic carbocycles. The van der Waals surface area contributed by atoms with Crippen molar-refractivity contribution in [3.63, 3.8) is 0 Å². The smallest absolute Gasteiger partial charge is 0.308 e. The molecule has 0 bridgehead atoms. The summed E-state index contributed by atoms with van der Waals surface area (Å²) in [6.45, 7) is 1.34. The molecule has 0 radical (unpaired) electrons. The topological polar surface area (TPSA) is 65.2 Å². The monoisotopic (exact) mass is 208 g/mol. The molecule has 2 rings (SSSR count). The number of rotatable bonds is 1. The summed E-state index contributed by atoms with van der Waals surface area (Å²) in [6, 6.07) is 3.70. The average molecular weight is 208 g/mol. The summed E-state index contributed by atoms with van der Waals surface area (Å²) >= 11 is 1.32. The maximum Gasteiger partial charge on any atom is 0.308 e. The minimum absolute atomic E-state index is 0.372. The summed E-state index contributed by atoms with van der Waals surface area (Å²) in [5.41, 5.74) is 6.88. The summed E-state index contributed by atoms with van der Waals surface area (Å²) in [5.74, 6) is -0.372. The van der Waals surface area contributed by atoms with Crippen molar-refractivity contribution < 1.29 is 9.53 Å². The number of hydrogen-bond donors (Lipinski definition) is 1. The maximum atomic E-state index is 10.8. The van der Waals surface area contributed by atoms with Crippen LogP contribution in [0.3, 0.4) is 0 Å². The van der Waals surface area contributed by atoms with Crippen molar-refractivity contribution in [1.29, 1.82) is 0 Å². The number of thiophene rings is 1. The van der Waals surface area contributed by atoms with E-state index >= 15 is 0 Å². The van der Waals surface area contributed by atoms with Gasteiger partial charge in [-0.1, -0.05) is 11.3 Å². The first-order chi connectivity index (χ1) is 6.68. The number of fused-ring (bicyclic) bond motifs is 1. The number of anilines is 1. The van der Waals surface area contributed by atoms with Crippen LogP contribution in [0.1, 0.15) is 6.92 Å². The van der Waals surface area contributed by atoms with Crippen molar-refractivity contribution >= 4 is 33.2 Å². The van der Waals surface area contributed by atoms with Crippen LogP contribution >= 0.6 is 11.3 Å². The number of nitrogens with zero attached hydrogens (tertiary/aromatic N) is 1. The van der Waals surface area contributed by atoms with Gasteiger partial charge < -0.3 is 10.5 Å². The molecule has 2 N–H and O–H groups in total. The lowest BCUT2D eigenvalue weighted by molar-refractivity contribution is -0.131. The second-order valence-corrected chi connectivity index (χ2v) is 3.76. The van der Waals surface area contributed by atoms with Gasteiger partial charge in [0.1, 0.15) is 11.2 Å². The van der Waals surface area contributed by atoms with Gasteiger partial charge in [-0.05, 0) is 12.1 Å². The Bertz CT molecular complexity index is 493. The fraction of sp³-hybridized carbons (Fsp3) is 0.111. The molecule has 0 aliphatic rings. The molecule has 0 spiro atoms. The van der Waals surface area contributed by atoms with Crippen LogP contribution in [0.5, 0.6) is 5.06 Å². The van der Waals surface area contributed by atoms with E-state index < -0.39 is 0 Å². The van der Waals surface area contributed by atoms with Gasteiger partial charge in [-0.3, -0.25) is 9.78 Å². The Morgan fingerprint density at radius 2 is 2.43 bits per heavy atom. The molecule has 72 valence electrons. The van der Waals surface area contributed by atoms with E-state index in [1.807, 2.05) is 12.1 Å². The molecule has 4 nitrogen and oxygen atoms in total. The fourth-order valence-corrected chi connectivity index (χ4v) is 2.10. The van der Waals surface area contributed by atoms with Crippen molar-refractivity contribution in [2.45, 2.75) is 6.92 Å². The Morgan fingerprint density at radius 1 is 1.64 bits per heavy atom. The molecule has 0 saturated carbocycles. The van der Waals surface area contributed by atoms with Gasteiger partial charge in [-0.2, -0.15) is 0 Å². The van der Waals surface area contributed by atoms with Gasteiger partial charge in [-0.15, -0.1) is 0 Å².